The summed E-state index contributed by atoms with van der Waals surface area (Å²) in [4.78, 5) is 35.4. The van der Waals surface area contributed by atoms with Gasteiger partial charge in [-0.15, -0.1) is 0 Å². The number of anilines is 1. The standard InChI is InChI=1S/C20H20BrClN4O4/c1-12(2)24-19(28)20(29)26-23-10-13-9-14(21)7-8-17(13)30-11-18(27)25-16-6-4-3-5-15(16)22/h3-10,12H,11H2,1-2H3,(H,24,28)(H,25,27)(H,26,29)/b23-10-. The van der Waals surface area contributed by atoms with Crippen molar-refractivity contribution in [2.75, 3.05) is 11.9 Å². The van der Waals surface area contributed by atoms with Gasteiger partial charge >= 0.3 is 11.8 Å². The SMILES string of the molecule is CC(C)NC(=O)C(=O)N/N=C\c1cc(Br)ccc1OCC(=O)Nc1ccccc1Cl. The molecule has 0 aliphatic carbocycles. The first kappa shape index (κ1) is 23.4. The van der Waals surface area contributed by atoms with Crippen LogP contribution in [0.15, 0.2) is 52.0 Å². The van der Waals surface area contributed by atoms with Crippen molar-refractivity contribution in [1.29, 1.82) is 0 Å². The summed E-state index contributed by atoms with van der Waals surface area (Å²) in [6.45, 7) is 3.21. The number of benzene rings is 2. The minimum Gasteiger partial charge on any atom is -0.483 e. The molecule has 0 aliphatic rings. The Morgan fingerprint density at radius 1 is 1.17 bits per heavy atom. The number of nitrogens with one attached hydrogen (secondary N) is 3. The van der Waals surface area contributed by atoms with Crippen LogP contribution in [0.3, 0.4) is 0 Å². The van der Waals surface area contributed by atoms with E-state index in [9.17, 15) is 14.4 Å². The summed E-state index contributed by atoms with van der Waals surface area (Å²) < 4.78 is 6.30. The number of amides is 3. The lowest BCUT2D eigenvalue weighted by Crippen LogP contribution is -2.41. The predicted octanol–water partition coefficient (Wildman–Crippen LogP) is 3.09. The molecule has 0 saturated carbocycles. The number of hydrogen-bond donors (Lipinski definition) is 3. The van der Waals surface area contributed by atoms with Crippen molar-refractivity contribution in [3.63, 3.8) is 0 Å². The van der Waals surface area contributed by atoms with Crippen LogP contribution in [-0.2, 0) is 14.4 Å². The zero-order valence-corrected chi connectivity index (χ0v) is 18.6. The highest BCUT2D eigenvalue weighted by Crippen LogP contribution is 2.23. The number of nitrogens with zero attached hydrogens (tertiary/aromatic N) is 1. The van der Waals surface area contributed by atoms with Gasteiger partial charge in [-0.2, -0.15) is 5.10 Å². The number of hydrazone groups is 1. The molecule has 158 valence electrons. The van der Waals surface area contributed by atoms with Crippen LogP contribution in [0.2, 0.25) is 5.02 Å². The van der Waals surface area contributed by atoms with Crippen molar-refractivity contribution in [2.24, 2.45) is 5.10 Å². The van der Waals surface area contributed by atoms with Crippen LogP contribution in [0, 0.1) is 0 Å². The van der Waals surface area contributed by atoms with Crippen LogP contribution in [0.5, 0.6) is 5.75 Å². The molecule has 0 radical (unpaired) electrons. The molecule has 0 spiro atoms. The average molecular weight is 496 g/mol. The van der Waals surface area contributed by atoms with Crippen molar-refractivity contribution in [3.05, 3.63) is 57.5 Å². The fourth-order valence-corrected chi connectivity index (χ4v) is 2.74. The highest BCUT2D eigenvalue weighted by Gasteiger charge is 2.13. The van der Waals surface area contributed by atoms with E-state index < -0.39 is 17.7 Å². The second-order valence-electron chi connectivity index (χ2n) is 6.33. The lowest BCUT2D eigenvalue weighted by molar-refractivity contribution is -0.139. The number of rotatable bonds is 7. The Kier molecular flexibility index (Phi) is 8.82. The molecule has 3 N–H and O–H groups in total. The van der Waals surface area contributed by atoms with Gasteiger partial charge in [-0.1, -0.05) is 39.7 Å². The van der Waals surface area contributed by atoms with Crippen LogP contribution in [-0.4, -0.2) is 36.6 Å². The third-order valence-electron chi connectivity index (χ3n) is 3.47. The Morgan fingerprint density at radius 3 is 2.60 bits per heavy atom. The maximum absolute atomic E-state index is 12.1. The van der Waals surface area contributed by atoms with Crippen molar-refractivity contribution < 1.29 is 19.1 Å². The number of carbonyl (C=O) groups is 3. The minimum absolute atomic E-state index is 0.172. The van der Waals surface area contributed by atoms with E-state index in [1.54, 1.807) is 56.3 Å². The Labute approximate surface area is 187 Å². The molecular formula is C20H20BrClN4O4. The molecule has 10 heteroatoms. The van der Waals surface area contributed by atoms with Crippen LogP contribution >= 0.6 is 27.5 Å². The largest absolute Gasteiger partial charge is 0.483 e. The Morgan fingerprint density at radius 2 is 1.90 bits per heavy atom. The van der Waals surface area contributed by atoms with Crippen LogP contribution in [0.25, 0.3) is 0 Å². The Bertz CT molecular complexity index is 966. The van der Waals surface area contributed by atoms with Crippen LogP contribution in [0.1, 0.15) is 19.4 Å². The Balaban J connectivity index is 1.99. The lowest BCUT2D eigenvalue weighted by Gasteiger charge is -2.11. The van der Waals surface area contributed by atoms with Crippen LogP contribution in [0.4, 0.5) is 5.69 Å². The molecule has 8 nitrogen and oxygen atoms in total. The van der Waals surface area contributed by atoms with E-state index in [0.717, 1.165) is 4.47 Å². The molecule has 0 unspecified atom stereocenters. The van der Waals surface area contributed by atoms with Gasteiger partial charge in [-0.3, -0.25) is 14.4 Å². The summed E-state index contributed by atoms with van der Waals surface area (Å²) in [6, 6.07) is 11.7. The molecule has 2 aromatic carbocycles. The summed E-state index contributed by atoms with van der Waals surface area (Å²) in [6.07, 6.45) is 1.31. The van der Waals surface area contributed by atoms with Gasteiger partial charge in [-0.05, 0) is 44.2 Å². The molecule has 0 aliphatic heterocycles. The fraction of sp³-hybridized carbons (Fsp3) is 0.200. The molecule has 2 aromatic rings. The predicted molar refractivity (Wildman–Crippen MR) is 119 cm³/mol. The van der Waals surface area contributed by atoms with E-state index in [4.69, 9.17) is 16.3 Å². The summed E-state index contributed by atoms with van der Waals surface area (Å²) >= 11 is 9.36. The third kappa shape index (κ3) is 7.49. The molecule has 0 aromatic heterocycles. The molecule has 30 heavy (non-hydrogen) atoms. The molecular weight excluding hydrogens is 476 g/mol. The zero-order valence-electron chi connectivity index (χ0n) is 16.2. The maximum atomic E-state index is 12.1. The maximum Gasteiger partial charge on any atom is 0.329 e. The van der Waals surface area contributed by atoms with Gasteiger partial charge < -0.3 is 15.4 Å². The number of hydrogen-bond acceptors (Lipinski definition) is 5. The summed E-state index contributed by atoms with van der Waals surface area (Å²) in [7, 11) is 0. The van der Waals surface area contributed by atoms with E-state index in [0.29, 0.717) is 22.0 Å². The first-order chi connectivity index (χ1) is 14.3. The smallest absolute Gasteiger partial charge is 0.329 e. The monoisotopic (exact) mass is 494 g/mol. The minimum atomic E-state index is -0.892. The van der Waals surface area contributed by atoms with Gasteiger partial charge in [-0.25, -0.2) is 5.43 Å². The summed E-state index contributed by atoms with van der Waals surface area (Å²) in [5, 5.41) is 9.30. The summed E-state index contributed by atoms with van der Waals surface area (Å²) in [5.41, 5.74) is 3.11. The van der Waals surface area contributed by atoms with Crippen molar-refractivity contribution >= 4 is 57.2 Å². The number of halogens is 2. The summed E-state index contributed by atoms with van der Waals surface area (Å²) in [5.74, 6) is -1.72. The molecule has 2 rings (SSSR count). The van der Waals surface area contributed by atoms with E-state index in [2.05, 4.69) is 37.1 Å². The topological polar surface area (TPSA) is 109 Å². The second-order valence-corrected chi connectivity index (χ2v) is 7.65. The molecule has 3 amide bonds. The highest BCUT2D eigenvalue weighted by molar-refractivity contribution is 9.10. The second kappa shape index (κ2) is 11.3. The highest BCUT2D eigenvalue weighted by atomic mass is 79.9. The molecule has 0 atom stereocenters. The van der Waals surface area contributed by atoms with Gasteiger partial charge in [0.25, 0.3) is 5.91 Å². The number of ether oxygens (including phenoxy) is 1. The van der Waals surface area contributed by atoms with Crippen molar-refractivity contribution in [3.8, 4) is 5.75 Å². The zero-order chi connectivity index (χ0) is 22.1. The average Bonchev–Trinajstić information content (AvgIpc) is 2.68. The van der Waals surface area contributed by atoms with E-state index >= 15 is 0 Å². The first-order valence-corrected chi connectivity index (χ1v) is 10.0. The van der Waals surface area contributed by atoms with Crippen molar-refractivity contribution in [1.82, 2.24) is 10.7 Å². The normalized spacial score (nSPS) is 10.7. The van der Waals surface area contributed by atoms with E-state index in [1.807, 2.05) is 0 Å². The van der Waals surface area contributed by atoms with Gasteiger partial charge in [0, 0.05) is 16.1 Å². The van der Waals surface area contributed by atoms with E-state index in [-0.39, 0.29) is 12.6 Å². The van der Waals surface area contributed by atoms with Gasteiger partial charge in [0.2, 0.25) is 0 Å². The molecule has 0 fully saturated rings. The van der Waals surface area contributed by atoms with Gasteiger partial charge in [0.1, 0.15) is 5.75 Å². The van der Waals surface area contributed by atoms with E-state index in [1.165, 1.54) is 6.21 Å². The molecule has 0 saturated heterocycles. The van der Waals surface area contributed by atoms with Crippen LogP contribution < -0.4 is 20.8 Å². The molecule has 0 bridgehead atoms. The third-order valence-corrected chi connectivity index (χ3v) is 4.30. The van der Waals surface area contributed by atoms with Crippen molar-refractivity contribution in [2.45, 2.75) is 19.9 Å². The first-order valence-electron chi connectivity index (χ1n) is 8.87. The number of para-hydroxylation sites is 1. The molecule has 0 heterocycles. The lowest BCUT2D eigenvalue weighted by atomic mass is 10.2. The Hall–Kier alpha value is -2.91. The quantitative estimate of drug-likeness (QED) is 0.311. The fourth-order valence-electron chi connectivity index (χ4n) is 2.18. The van der Waals surface area contributed by atoms with Gasteiger partial charge in [0.15, 0.2) is 6.61 Å². The van der Waals surface area contributed by atoms with Gasteiger partial charge in [0.05, 0.1) is 16.9 Å². The number of carbonyl (C=O) groups excluding carboxylic acids is 3.